The van der Waals surface area contributed by atoms with Crippen LogP contribution < -0.4 is 0 Å². The van der Waals surface area contributed by atoms with Gasteiger partial charge in [0.15, 0.2) is 0 Å². The molecule has 0 N–H and O–H groups in total. The molecular weight excluding hydrogens is 174 g/mol. The summed E-state index contributed by atoms with van der Waals surface area (Å²) in [5, 5.41) is 10.2. The maximum atomic E-state index is 4.22. The van der Waals surface area contributed by atoms with Gasteiger partial charge in [-0.25, -0.2) is 0 Å². The quantitative estimate of drug-likeness (QED) is 0.533. The first-order valence-corrected chi connectivity index (χ1v) is 4.40. The zero-order chi connectivity index (χ0) is 9.38. The van der Waals surface area contributed by atoms with Crippen LogP contribution in [-0.4, -0.2) is 15.2 Å². The van der Waals surface area contributed by atoms with Gasteiger partial charge in [-0.05, 0) is 24.3 Å². The molecule has 0 fully saturated rings. The molecule has 3 nitrogen and oxygen atoms in total. The zero-order valence-electron chi connectivity index (χ0n) is 7.38. The van der Waals surface area contributed by atoms with Gasteiger partial charge in [0.2, 0.25) is 0 Å². The van der Waals surface area contributed by atoms with Crippen molar-refractivity contribution in [2.24, 2.45) is 0 Å². The predicted octanol–water partition coefficient (Wildman–Crippen LogP) is 2.18. The minimum absolute atomic E-state index is 0.876. The Kier molecular flexibility index (Phi) is 1.44. The first-order chi connectivity index (χ1) is 6.93. The SMILES string of the molecule is c1cnnc2cc3nccc3cc2c1. The highest BCUT2D eigenvalue weighted by molar-refractivity contribution is 5.94. The van der Waals surface area contributed by atoms with Crippen LogP contribution in [0.3, 0.4) is 0 Å². The van der Waals surface area contributed by atoms with E-state index in [1.54, 1.807) is 12.4 Å². The summed E-state index contributed by atoms with van der Waals surface area (Å²) < 4.78 is 0. The third-order valence-electron chi connectivity index (χ3n) is 2.24. The van der Waals surface area contributed by atoms with Crippen molar-refractivity contribution in [3.63, 3.8) is 0 Å². The Hall–Kier alpha value is -2.03. The van der Waals surface area contributed by atoms with E-state index in [4.69, 9.17) is 0 Å². The van der Waals surface area contributed by atoms with Gasteiger partial charge in [0.1, 0.15) is 0 Å². The van der Waals surface area contributed by atoms with Gasteiger partial charge in [-0.3, -0.25) is 4.98 Å². The zero-order valence-corrected chi connectivity index (χ0v) is 7.38. The Morgan fingerprint density at radius 2 is 1.79 bits per heavy atom. The molecule has 2 aromatic heterocycles. The first kappa shape index (κ1) is 7.38. The van der Waals surface area contributed by atoms with Crippen molar-refractivity contribution >= 4 is 21.8 Å². The van der Waals surface area contributed by atoms with Crippen molar-refractivity contribution in [1.29, 1.82) is 0 Å². The van der Waals surface area contributed by atoms with Gasteiger partial charge < -0.3 is 0 Å². The number of benzene rings is 1. The van der Waals surface area contributed by atoms with E-state index in [0.29, 0.717) is 0 Å². The Balaban J connectivity index is 2.55. The van der Waals surface area contributed by atoms with Crippen molar-refractivity contribution in [3.05, 3.63) is 42.7 Å². The highest BCUT2D eigenvalue weighted by Crippen LogP contribution is 2.18. The smallest absolute Gasteiger partial charge is 0.0950 e. The molecule has 0 aliphatic heterocycles. The Morgan fingerprint density at radius 3 is 2.79 bits per heavy atom. The summed E-state index contributed by atoms with van der Waals surface area (Å²) in [7, 11) is 0. The van der Waals surface area contributed by atoms with Crippen LogP contribution in [-0.2, 0) is 0 Å². The Morgan fingerprint density at radius 1 is 0.857 bits per heavy atom. The summed E-state index contributed by atoms with van der Waals surface area (Å²) in [6.07, 6.45) is 3.48. The van der Waals surface area contributed by atoms with Crippen LogP contribution in [0.1, 0.15) is 0 Å². The van der Waals surface area contributed by atoms with E-state index in [1.807, 2.05) is 24.3 Å². The van der Waals surface area contributed by atoms with Gasteiger partial charge in [-0.1, -0.05) is 6.07 Å². The lowest BCUT2D eigenvalue weighted by Gasteiger charge is -1.91. The molecular formula is C11H7N3. The van der Waals surface area contributed by atoms with Crippen LogP contribution in [0, 0.1) is 0 Å². The lowest BCUT2D eigenvalue weighted by Crippen LogP contribution is -1.75. The van der Waals surface area contributed by atoms with E-state index >= 15 is 0 Å². The third kappa shape index (κ3) is 1.03. The van der Waals surface area contributed by atoms with Crippen LogP contribution in [0.15, 0.2) is 42.7 Å². The maximum absolute atomic E-state index is 4.22. The van der Waals surface area contributed by atoms with Crippen LogP contribution in [0.4, 0.5) is 0 Å². The van der Waals surface area contributed by atoms with Gasteiger partial charge in [-0.15, -0.1) is 0 Å². The second-order valence-electron chi connectivity index (χ2n) is 3.14. The van der Waals surface area contributed by atoms with Crippen LogP contribution >= 0.6 is 0 Å². The lowest BCUT2D eigenvalue weighted by atomic mass is 10.2. The van der Waals surface area contributed by atoms with Crippen molar-refractivity contribution < 1.29 is 0 Å². The van der Waals surface area contributed by atoms with Crippen LogP contribution in [0.2, 0.25) is 0 Å². The highest BCUT2D eigenvalue weighted by atomic mass is 15.1. The van der Waals surface area contributed by atoms with E-state index in [1.165, 1.54) is 0 Å². The number of aromatic nitrogens is 3. The third-order valence-corrected chi connectivity index (χ3v) is 2.24. The van der Waals surface area contributed by atoms with E-state index in [0.717, 1.165) is 21.8 Å². The molecule has 2 heterocycles. The van der Waals surface area contributed by atoms with Gasteiger partial charge in [0.25, 0.3) is 0 Å². The molecule has 0 aliphatic rings. The molecule has 0 amide bonds. The summed E-state index contributed by atoms with van der Waals surface area (Å²) >= 11 is 0. The predicted molar refractivity (Wildman–Crippen MR) is 54.8 cm³/mol. The Bertz CT molecular complexity index is 554. The summed E-state index contributed by atoms with van der Waals surface area (Å²) in [5.41, 5.74) is 1.85. The molecule has 0 aliphatic carbocycles. The average Bonchev–Trinajstić information content (AvgIpc) is 2.51. The number of hydrogen-bond donors (Lipinski definition) is 0. The Labute approximate surface area is 80.4 Å². The molecule has 14 heavy (non-hydrogen) atoms. The fourth-order valence-corrected chi connectivity index (χ4v) is 1.56. The second-order valence-corrected chi connectivity index (χ2v) is 3.14. The van der Waals surface area contributed by atoms with Crippen molar-refractivity contribution in [2.45, 2.75) is 0 Å². The maximum Gasteiger partial charge on any atom is 0.0950 e. The molecule has 0 atom stereocenters. The summed E-state index contributed by atoms with van der Waals surface area (Å²) in [6, 6.07) is 9.92. The molecule has 0 spiro atoms. The minimum atomic E-state index is 0.876. The van der Waals surface area contributed by atoms with Gasteiger partial charge >= 0.3 is 0 Å². The van der Waals surface area contributed by atoms with Crippen molar-refractivity contribution in [1.82, 2.24) is 15.2 Å². The van der Waals surface area contributed by atoms with E-state index in [2.05, 4.69) is 21.2 Å². The van der Waals surface area contributed by atoms with Gasteiger partial charge in [0, 0.05) is 23.2 Å². The number of hydrogen-bond acceptors (Lipinski definition) is 3. The molecule has 0 unspecified atom stereocenters. The number of nitrogens with zero attached hydrogens (tertiary/aromatic N) is 3. The lowest BCUT2D eigenvalue weighted by molar-refractivity contribution is 1.09. The monoisotopic (exact) mass is 181 g/mol. The minimum Gasteiger partial charge on any atom is -0.256 e. The molecule has 0 saturated carbocycles. The van der Waals surface area contributed by atoms with Gasteiger partial charge in [0.05, 0.1) is 11.0 Å². The molecule has 0 saturated heterocycles. The fourth-order valence-electron chi connectivity index (χ4n) is 1.56. The molecule has 3 rings (SSSR count). The molecule has 66 valence electrons. The van der Waals surface area contributed by atoms with Crippen LogP contribution in [0.25, 0.3) is 21.8 Å². The number of rotatable bonds is 0. The van der Waals surface area contributed by atoms with Crippen LogP contribution in [0.5, 0.6) is 0 Å². The van der Waals surface area contributed by atoms with Gasteiger partial charge in [-0.2, -0.15) is 10.2 Å². The average molecular weight is 181 g/mol. The standard InChI is InChI=1S/C11H7N3/c1-2-8-6-9-3-5-12-10(9)7-11(8)14-13-4-1/h1-7H. The largest absolute Gasteiger partial charge is 0.256 e. The summed E-state index contributed by atoms with van der Waals surface area (Å²) in [5.74, 6) is 0. The molecule has 0 bridgehead atoms. The topological polar surface area (TPSA) is 38.7 Å². The number of fused-ring (bicyclic) bond motifs is 2. The molecule has 0 radical (unpaired) electrons. The van der Waals surface area contributed by atoms with Crippen molar-refractivity contribution in [2.75, 3.05) is 0 Å². The van der Waals surface area contributed by atoms with E-state index in [-0.39, 0.29) is 0 Å². The van der Waals surface area contributed by atoms with Crippen molar-refractivity contribution in [3.8, 4) is 0 Å². The summed E-state index contributed by atoms with van der Waals surface area (Å²) in [4.78, 5) is 4.22. The molecule has 1 aromatic carbocycles. The van der Waals surface area contributed by atoms with E-state index in [9.17, 15) is 0 Å². The first-order valence-electron chi connectivity index (χ1n) is 4.40. The second kappa shape index (κ2) is 2.73. The summed E-state index contributed by atoms with van der Waals surface area (Å²) in [6.45, 7) is 0. The van der Waals surface area contributed by atoms with E-state index < -0.39 is 0 Å². The normalized spacial score (nSPS) is 10.9. The fraction of sp³-hybridized carbons (Fsp3) is 0. The molecule has 3 heteroatoms. The highest BCUT2D eigenvalue weighted by Gasteiger charge is 1.98. The molecule has 3 aromatic rings.